The second-order valence-corrected chi connectivity index (χ2v) is 5.00. The molecule has 0 saturated carbocycles. The highest BCUT2D eigenvalue weighted by molar-refractivity contribution is 5.90. The number of benzene rings is 2. The molecule has 120 valence electrons. The van der Waals surface area contributed by atoms with Gasteiger partial charge < -0.3 is 14.6 Å². The molecule has 4 nitrogen and oxygen atoms in total. The van der Waals surface area contributed by atoms with E-state index in [1.54, 1.807) is 24.3 Å². The van der Waals surface area contributed by atoms with E-state index in [0.717, 1.165) is 24.2 Å². The van der Waals surface area contributed by atoms with Gasteiger partial charge in [0, 0.05) is 0 Å². The molecule has 0 aromatic heterocycles. The summed E-state index contributed by atoms with van der Waals surface area (Å²) < 4.78 is 11.0. The molecule has 0 aliphatic heterocycles. The monoisotopic (exact) mass is 312 g/mol. The number of hydrogen-bond acceptors (Lipinski definition) is 3. The minimum atomic E-state index is -1.11. The van der Waals surface area contributed by atoms with Crippen molar-refractivity contribution in [3.8, 4) is 11.5 Å². The fraction of sp³-hybridized carbons (Fsp3) is 0.211. The third kappa shape index (κ3) is 5.51. The van der Waals surface area contributed by atoms with Crippen LogP contribution >= 0.6 is 0 Å². The summed E-state index contributed by atoms with van der Waals surface area (Å²) in [5, 5.41) is 9.28. The normalized spacial score (nSPS) is 11.1. The van der Waals surface area contributed by atoms with E-state index in [1.807, 2.05) is 30.3 Å². The van der Waals surface area contributed by atoms with E-state index in [9.17, 15) is 9.90 Å². The van der Waals surface area contributed by atoms with Crippen LogP contribution in [0, 0.1) is 0 Å². The van der Waals surface area contributed by atoms with E-state index in [-0.39, 0.29) is 5.76 Å². The Hall–Kier alpha value is -2.75. The number of ether oxygens (including phenoxy) is 2. The molecule has 0 unspecified atom stereocenters. The van der Waals surface area contributed by atoms with Gasteiger partial charge in [-0.15, -0.1) is 0 Å². The first-order valence-corrected chi connectivity index (χ1v) is 7.60. The first kappa shape index (κ1) is 16.6. The maximum absolute atomic E-state index is 11.3. The molecule has 0 saturated heterocycles. The highest BCUT2D eigenvalue weighted by Crippen LogP contribution is 2.20. The van der Waals surface area contributed by atoms with Crippen molar-refractivity contribution in [1.82, 2.24) is 0 Å². The summed E-state index contributed by atoms with van der Waals surface area (Å²) >= 11 is 0. The molecule has 0 fully saturated rings. The number of carboxylic acid groups (broad SMARTS) is 1. The number of unbranched alkanes of at least 4 members (excludes halogenated alkanes) is 1. The molecule has 0 heterocycles. The molecule has 0 amide bonds. The van der Waals surface area contributed by atoms with Crippen molar-refractivity contribution in [3.05, 3.63) is 65.9 Å². The fourth-order valence-corrected chi connectivity index (χ4v) is 1.90. The lowest BCUT2D eigenvalue weighted by Crippen LogP contribution is -2.07. The summed E-state index contributed by atoms with van der Waals surface area (Å²) in [7, 11) is 0. The van der Waals surface area contributed by atoms with Crippen LogP contribution in [0.5, 0.6) is 11.5 Å². The number of rotatable bonds is 8. The van der Waals surface area contributed by atoms with E-state index in [1.165, 1.54) is 6.08 Å². The van der Waals surface area contributed by atoms with Gasteiger partial charge in [0.15, 0.2) is 0 Å². The summed E-state index contributed by atoms with van der Waals surface area (Å²) in [5.41, 5.74) is 0.768. The van der Waals surface area contributed by atoms with E-state index >= 15 is 0 Å². The molecule has 0 aliphatic carbocycles. The minimum Gasteiger partial charge on any atom is -0.494 e. The van der Waals surface area contributed by atoms with Crippen LogP contribution in [0.1, 0.15) is 25.3 Å². The maximum atomic E-state index is 11.3. The van der Waals surface area contributed by atoms with Crippen LogP contribution in [0.4, 0.5) is 0 Å². The Morgan fingerprint density at radius 1 is 1.04 bits per heavy atom. The Labute approximate surface area is 136 Å². The van der Waals surface area contributed by atoms with E-state index in [4.69, 9.17) is 9.47 Å². The second-order valence-electron chi connectivity index (χ2n) is 5.00. The van der Waals surface area contributed by atoms with Gasteiger partial charge in [0.05, 0.1) is 6.61 Å². The largest absolute Gasteiger partial charge is 0.494 e. The van der Waals surface area contributed by atoms with Gasteiger partial charge in [0.1, 0.15) is 11.5 Å². The second kappa shape index (κ2) is 8.63. The lowest BCUT2D eigenvalue weighted by atomic mass is 10.2. The smallest absolute Gasteiger partial charge is 0.371 e. The van der Waals surface area contributed by atoms with Gasteiger partial charge in [-0.2, -0.15) is 0 Å². The van der Waals surface area contributed by atoms with Gasteiger partial charge >= 0.3 is 5.97 Å². The summed E-state index contributed by atoms with van der Waals surface area (Å²) in [6, 6.07) is 16.1. The predicted molar refractivity (Wildman–Crippen MR) is 89.5 cm³/mol. The van der Waals surface area contributed by atoms with Crippen LogP contribution in [-0.2, 0) is 4.79 Å². The zero-order valence-corrected chi connectivity index (χ0v) is 13.1. The van der Waals surface area contributed by atoms with Crippen molar-refractivity contribution in [2.75, 3.05) is 6.61 Å². The Morgan fingerprint density at radius 3 is 2.30 bits per heavy atom. The van der Waals surface area contributed by atoms with Crippen molar-refractivity contribution in [1.29, 1.82) is 0 Å². The summed E-state index contributed by atoms with van der Waals surface area (Å²) in [6.45, 7) is 2.78. The van der Waals surface area contributed by atoms with Crippen LogP contribution in [0.2, 0.25) is 0 Å². The molecule has 0 radical (unpaired) electrons. The van der Waals surface area contributed by atoms with Crippen LogP contribution in [0.3, 0.4) is 0 Å². The average Bonchev–Trinajstić information content (AvgIpc) is 2.57. The highest BCUT2D eigenvalue weighted by atomic mass is 16.5. The van der Waals surface area contributed by atoms with Gasteiger partial charge in [-0.05, 0) is 42.3 Å². The molecule has 0 spiro atoms. The molecule has 4 heteroatoms. The van der Waals surface area contributed by atoms with E-state index in [0.29, 0.717) is 12.4 Å². The zero-order chi connectivity index (χ0) is 16.5. The van der Waals surface area contributed by atoms with Crippen molar-refractivity contribution in [2.45, 2.75) is 19.8 Å². The van der Waals surface area contributed by atoms with Gasteiger partial charge in [-0.3, -0.25) is 0 Å². The Balaban J connectivity index is 2.06. The fourth-order valence-electron chi connectivity index (χ4n) is 1.90. The Bertz CT molecular complexity index is 645. The summed E-state index contributed by atoms with van der Waals surface area (Å²) in [6.07, 6.45) is 3.57. The Kier molecular flexibility index (Phi) is 6.24. The predicted octanol–water partition coefficient (Wildman–Crippen LogP) is 4.37. The van der Waals surface area contributed by atoms with E-state index < -0.39 is 5.97 Å². The molecular formula is C19H20O4. The van der Waals surface area contributed by atoms with Crippen molar-refractivity contribution in [3.63, 3.8) is 0 Å². The number of hydrogen-bond donors (Lipinski definition) is 1. The van der Waals surface area contributed by atoms with Crippen LogP contribution < -0.4 is 9.47 Å². The first-order valence-electron chi connectivity index (χ1n) is 7.60. The molecule has 2 aromatic rings. The summed E-state index contributed by atoms with van der Waals surface area (Å²) in [5.74, 6) is -0.0416. The van der Waals surface area contributed by atoms with Crippen LogP contribution in [-0.4, -0.2) is 17.7 Å². The minimum absolute atomic E-state index is 0.129. The third-order valence-corrected chi connectivity index (χ3v) is 3.13. The maximum Gasteiger partial charge on any atom is 0.371 e. The molecule has 2 rings (SSSR count). The van der Waals surface area contributed by atoms with Gasteiger partial charge in [-0.25, -0.2) is 4.79 Å². The van der Waals surface area contributed by atoms with Crippen molar-refractivity contribution in [2.24, 2.45) is 0 Å². The quantitative estimate of drug-likeness (QED) is 0.447. The zero-order valence-electron chi connectivity index (χ0n) is 13.1. The lowest BCUT2D eigenvalue weighted by molar-refractivity contribution is -0.134. The van der Waals surface area contributed by atoms with Crippen LogP contribution in [0.25, 0.3) is 6.08 Å². The molecule has 23 heavy (non-hydrogen) atoms. The van der Waals surface area contributed by atoms with Gasteiger partial charge in [0.25, 0.3) is 0 Å². The van der Waals surface area contributed by atoms with Crippen molar-refractivity contribution >= 4 is 12.0 Å². The number of carboxylic acids is 1. The standard InChI is InChI=1S/C19H20O4/c1-2-3-13-22-16-9-11-17(12-10-16)23-18(19(20)21)14-15-7-5-4-6-8-15/h4-12,14H,2-3,13H2,1H3,(H,20,21). The number of aliphatic carboxylic acids is 1. The highest BCUT2D eigenvalue weighted by Gasteiger charge is 2.10. The molecule has 0 bridgehead atoms. The van der Waals surface area contributed by atoms with E-state index in [2.05, 4.69) is 6.92 Å². The average molecular weight is 312 g/mol. The van der Waals surface area contributed by atoms with Crippen molar-refractivity contribution < 1.29 is 19.4 Å². The third-order valence-electron chi connectivity index (χ3n) is 3.13. The SMILES string of the molecule is CCCCOc1ccc(OC(=Cc2ccccc2)C(=O)O)cc1. The molecule has 2 aromatic carbocycles. The molecule has 0 aliphatic rings. The molecule has 0 atom stereocenters. The summed E-state index contributed by atoms with van der Waals surface area (Å²) in [4.78, 5) is 11.3. The molecular weight excluding hydrogens is 292 g/mol. The molecule has 1 N–H and O–H groups in total. The lowest BCUT2D eigenvalue weighted by Gasteiger charge is -2.08. The van der Waals surface area contributed by atoms with Crippen LogP contribution in [0.15, 0.2) is 60.4 Å². The van der Waals surface area contributed by atoms with Gasteiger partial charge in [-0.1, -0.05) is 43.7 Å². The number of carbonyl (C=O) groups is 1. The first-order chi connectivity index (χ1) is 11.2. The van der Waals surface area contributed by atoms with Gasteiger partial charge in [0.2, 0.25) is 5.76 Å². The Morgan fingerprint density at radius 2 is 1.70 bits per heavy atom. The topological polar surface area (TPSA) is 55.8 Å².